The second-order valence-electron chi connectivity index (χ2n) is 7.16. The first-order valence-electron chi connectivity index (χ1n) is 9.57. The van der Waals surface area contributed by atoms with Gasteiger partial charge < -0.3 is 0 Å². The predicted molar refractivity (Wildman–Crippen MR) is 94.2 cm³/mol. The first-order valence-corrected chi connectivity index (χ1v) is 9.57. The van der Waals surface area contributed by atoms with Gasteiger partial charge in [-0.1, -0.05) is 46.0 Å². The summed E-state index contributed by atoms with van der Waals surface area (Å²) in [6.07, 6.45) is 16.7. The lowest BCUT2D eigenvalue weighted by Gasteiger charge is -2.28. The minimum Gasteiger partial charge on any atom is -0.241 e. The van der Waals surface area contributed by atoms with Gasteiger partial charge in [0.1, 0.15) is 5.82 Å². The molecule has 0 N–H and O–H groups in total. The zero-order valence-electron chi connectivity index (χ0n) is 14.9. The molecule has 0 bridgehead atoms. The molecule has 0 aromatic carbocycles. The van der Waals surface area contributed by atoms with E-state index in [-0.39, 0.29) is 0 Å². The minimum absolute atomic E-state index is 0.612. The van der Waals surface area contributed by atoms with Gasteiger partial charge in [0.25, 0.3) is 0 Å². The third kappa shape index (κ3) is 5.07. The average molecular weight is 303 g/mol. The normalized spacial score (nSPS) is 22.0. The fourth-order valence-electron chi connectivity index (χ4n) is 3.71. The van der Waals surface area contributed by atoms with Gasteiger partial charge in [-0.05, 0) is 56.9 Å². The molecule has 124 valence electrons. The van der Waals surface area contributed by atoms with Crippen LogP contribution in [0.15, 0.2) is 6.20 Å². The summed E-state index contributed by atoms with van der Waals surface area (Å²) in [5.74, 6) is 2.69. The number of aryl methyl sites for hydroxylation is 2. The summed E-state index contributed by atoms with van der Waals surface area (Å²) >= 11 is 0. The maximum absolute atomic E-state index is 4.84. The SMILES string of the molecule is CCCCCC1CCC(c2ncc(CCCC)c(C)n2)CC1. The van der Waals surface area contributed by atoms with Crippen LogP contribution in [0.1, 0.15) is 101 Å². The highest BCUT2D eigenvalue weighted by atomic mass is 14.9. The molecule has 0 unspecified atom stereocenters. The van der Waals surface area contributed by atoms with Gasteiger partial charge in [-0.25, -0.2) is 9.97 Å². The highest BCUT2D eigenvalue weighted by Crippen LogP contribution is 2.36. The Kier molecular flexibility index (Phi) is 7.35. The van der Waals surface area contributed by atoms with E-state index in [4.69, 9.17) is 9.97 Å². The van der Waals surface area contributed by atoms with Crippen LogP contribution in [0.5, 0.6) is 0 Å². The predicted octanol–water partition coefficient (Wildman–Crippen LogP) is 5.98. The van der Waals surface area contributed by atoms with Crippen molar-refractivity contribution in [2.24, 2.45) is 5.92 Å². The van der Waals surface area contributed by atoms with Crippen molar-refractivity contribution in [3.8, 4) is 0 Å². The molecular weight excluding hydrogens is 268 g/mol. The van der Waals surface area contributed by atoms with Crippen LogP contribution in [0, 0.1) is 12.8 Å². The Labute approximate surface area is 137 Å². The molecule has 1 aliphatic carbocycles. The summed E-state index contributed by atoms with van der Waals surface area (Å²) in [6, 6.07) is 0. The van der Waals surface area contributed by atoms with Gasteiger partial charge in [-0.3, -0.25) is 0 Å². The van der Waals surface area contributed by atoms with Crippen LogP contribution in [0.25, 0.3) is 0 Å². The molecule has 0 radical (unpaired) electrons. The van der Waals surface area contributed by atoms with Gasteiger partial charge in [-0.15, -0.1) is 0 Å². The molecule has 1 saturated carbocycles. The molecule has 2 heteroatoms. The fraction of sp³-hybridized carbons (Fsp3) is 0.800. The molecule has 1 aliphatic rings. The van der Waals surface area contributed by atoms with Crippen molar-refractivity contribution in [1.82, 2.24) is 9.97 Å². The Hall–Kier alpha value is -0.920. The van der Waals surface area contributed by atoms with E-state index in [9.17, 15) is 0 Å². The Morgan fingerprint density at radius 2 is 1.73 bits per heavy atom. The van der Waals surface area contributed by atoms with Gasteiger partial charge >= 0.3 is 0 Å². The number of nitrogens with zero attached hydrogens (tertiary/aromatic N) is 2. The maximum Gasteiger partial charge on any atom is 0.131 e. The molecule has 1 heterocycles. The van der Waals surface area contributed by atoms with Crippen LogP contribution >= 0.6 is 0 Å². The van der Waals surface area contributed by atoms with Crippen molar-refractivity contribution >= 4 is 0 Å². The Bertz CT molecular complexity index is 433. The van der Waals surface area contributed by atoms with E-state index in [0.29, 0.717) is 5.92 Å². The van der Waals surface area contributed by atoms with Crippen molar-refractivity contribution in [1.29, 1.82) is 0 Å². The molecular formula is C20H34N2. The van der Waals surface area contributed by atoms with Crippen LogP contribution in [0.4, 0.5) is 0 Å². The van der Waals surface area contributed by atoms with E-state index in [1.54, 1.807) is 0 Å². The summed E-state index contributed by atoms with van der Waals surface area (Å²) in [5, 5.41) is 0. The van der Waals surface area contributed by atoms with Crippen LogP contribution in [0.3, 0.4) is 0 Å². The summed E-state index contributed by atoms with van der Waals surface area (Å²) in [5.41, 5.74) is 2.56. The van der Waals surface area contributed by atoms with E-state index in [2.05, 4.69) is 27.0 Å². The molecule has 0 saturated heterocycles. The lowest BCUT2D eigenvalue weighted by Crippen LogP contribution is -2.16. The van der Waals surface area contributed by atoms with Gasteiger partial charge in [0.2, 0.25) is 0 Å². The fourth-order valence-corrected chi connectivity index (χ4v) is 3.71. The van der Waals surface area contributed by atoms with E-state index < -0.39 is 0 Å². The molecule has 0 aliphatic heterocycles. The van der Waals surface area contributed by atoms with Crippen molar-refractivity contribution < 1.29 is 0 Å². The lowest BCUT2D eigenvalue weighted by molar-refractivity contribution is 0.297. The van der Waals surface area contributed by atoms with Crippen LogP contribution in [-0.4, -0.2) is 9.97 Å². The van der Waals surface area contributed by atoms with Gasteiger partial charge in [0, 0.05) is 17.8 Å². The number of hydrogen-bond donors (Lipinski definition) is 0. The summed E-state index contributed by atoms with van der Waals surface area (Å²) in [7, 11) is 0. The van der Waals surface area contributed by atoms with E-state index in [1.807, 2.05) is 0 Å². The zero-order valence-corrected chi connectivity index (χ0v) is 14.9. The largest absolute Gasteiger partial charge is 0.241 e. The molecule has 0 amide bonds. The standard InChI is InChI=1S/C20H34N2/c1-4-6-8-9-17-11-13-18(14-12-17)20-21-15-19(10-7-5-2)16(3)22-20/h15,17-18H,4-14H2,1-3H3. The lowest BCUT2D eigenvalue weighted by atomic mass is 9.79. The Balaban J connectivity index is 1.84. The smallest absolute Gasteiger partial charge is 0.131 e. The summed E-state index contributed by atoms with van der Waals surface area (Å²) in [6.45, 7) is 6.69. The molecule has 0 atom stereocenters. The second kappa shape index (κ2) is 9.27. The molecule has 1 aromatic heterocycles. The van der Waals surface area contributed by atoms with Gasteiger partial charge in [0.15, 0.2) is 0 Å². The number of rotatable bonds is 8. The second-order valence-corrected chi connectivity index (χ2v) is 7.16. The van der Waals surface area contributed by atoms with Crippen molar-refractivity contribution in [2.75, 3.05) is 0 Å². The maximum atomic E-state index is 4.84. The first-order chi connectivity index (χ1) is 10.7. The van der Waals surface area contributed by atoms with Gasteiger partial charge in [-0.2, -0.15) is 0 Å². The molecule has 2 rings (SSSR count). The average Bonchev–Trinajstić information content (AvgIpc) is 2.54. The monoisotopic (exact) mass is 302 g/mol. The summed E-state index contributed by atoms with van der Waals surface area (Å²) < 4.78 is 0. The molecule has 1 fully saturated rings. The molecule has 22 heavy (non-hydrogen) atoms. The van der Waals surface area contributed by atoms with E-state index >= 15 is 0 Å². The number of unbranched alkanes of at least 4 members (excludes halogenated alkanes) is 3. The van der Waals surface area contributed by atoms with E-state index in [1.165, 1.54) is 75.5 Å². The highest BCUT2D eigenvalue weighted by molar-refractivity contribution is 5.17. The highest BCUT2D eigenvalue weighted by Gasteiger charge is 2.24. The third-order valence-electron chi connectivity index (χ3n) is 5.33. The summed E-state index contributed by atoms with van der Waals surface area (Å²) in [4.78, 5) is 9.54. The number of hydrogen-bond acceptors (Lipinski definition) is 2. The third-order valence-corrected chi connectivity index (χ3v) is 5.33. The molecule has 1 aromatic rings. The van der Waals surface area contributed by atoms with Gasteiger partial charge in [0.05, 0.1) is 0 Å². The zero-order chi connectivity index (χ0) is 15.8. The van der Waals surface area contributed by atoms with Crippen molar-refractivity contribution in [2.45, 2.75) is 97.3 Å². The van der Waals surface area contributed by atoms with E-state index in [0.717, 1.165) is 18.2 Å². The molecule has 0 spiro atoms. The minimum atomic E-state index is 0.612. The Morgan fingerprint density at radius 3 is 2.36 bits per heavy atom. The molecule has 2 nitrogen and oxygen atoms in total. The van der Waals surface area contributed by atoms with Crippen LogP contribution in [0.2, 0.25) is 0 Å². The van der Waals surface area contributed by atoms with Crippen LogP contribution < -0.4 is 0 Å². The number of aromatic nitrogens is 2. The quantitative estimate of drug-likeness (QED) is 0.552. The topological polar surface area (TPSA) is 25.8 Å². The van der Waals surface area contributed by atoms with Crippen molar-refractivity contribution in [3.05, 3.63) is 23.3 Å². The van der Waals surface area contributed by atoms with Crippen LogP contribution in [-0.2, 0) is 6.42 Å². The first kappa shape index (κ1) is 17.4. The van der Waals surface area contributed by atoms with Crippen molar-refractivity contribution in [3.63, 3.8) is 0 Å². The Morgan fingerprint density at radius 1 is 1.00 bits per heavy atom.